The Labute approximate surface area is 214 Å². The maximum atomic E-state index is 13.1. The van der Waals surface area contributed by atoms with Gasteiger partial charge in [-0.3, -0.25) is 9.59 Å². The van der Waals surface area contributed by atoms with Crippen LogP contribution in [-0.4, -0.2) is 76.8 Å². The molecule has 0 saturated carbocycles. The van der Waals surface area contributed by atoms with E-state index in [1.54, 1.807) is 24.3 Å². The summed E-state index contributed by atoms with van der Waals surface area (Å²) in [5.41, 5.74) is 0.134. The van der Waals surface area contributed by atoms with Gasteiger partial charge in [-0.15, -0.1) is 0 Å². The van der Waals surface area contributed by atoms with Crippen LogP contribution >= 0.6 is 0 Å². The number of rotatable bonds is 8. The van der Waals surface area contributed by atoms with Gasteiger partial charge in [0, 0.05) is 12.1 Å². The summed E-state index contributed by atoms with van der Waals surface area (Å²) in [5.74, 6) is -2.87. The van der Waals surface area contributed by atoms with Gasteiger partial charge in [-0.05, 0) is 17.7 Å². The molecule has 1 fully saturated rings. The molecular formula is C25H23O13-. The smallest absolute Gasteiger partial charge is 0.311 e. The number of aliphatic hydroxyl groups excluding tert-OH is 3. The van der Waals surface area contributed by atoms with Crippen LogP contribution < -0.4 is 20.0 Å². The number of ether oxygens (including phenoxy) is 4. The molecule has 1 aliphatic rings. The molecule has 0 unspecified atom stereocenters. The summed E-state index contributed by atoms with van der Waals surface area (Å²) < 4.78 is 26.3. The zero-order valence-electron chi connectivity index (χ0n) is 19.8. The van der Waals surface area contributed by atoms with Crippen LogP contribution in [0.5, 0.6) is 17.2 Å². The van der Waals surface area contributed by atoms with Crippen molar-refractivity contribution >= 4 is 22.9 Å². The highest BCUT2D eigenvalue weighted by molar-refractivity contribution is 5.89. The van der Waals surface area contributed by atoms with Crippen LogP contribution in [0, 0.1) is 0 Å². The molecule has 2 heterocycles. The van der Waals surface area contributed by atoms with Gasteiger partial charge >= 0.3 is 5.97 Å². The Morgan fingerprint density at radius 3 is 2.39 bits per heavy atom. The number of aliphatic hydroxyl groups is 3. The number of aliphatic carboxylic acids is 1. The molecule has 2 aromatic carbocycles. The molecule has 13 heteroatoms. The minimum atomic E-state index is -1.79. The highest BCUT2D eigenvalue weighted by Gasteiger charge is 2.45. The van der Waals surface area contributed by atoms with E-state index in [0.717, 1.165) is 6.07 Å². The van der Waals surface area contributed by atoms with Crippen molar-refractivity contribution in [2.75, 3.05) is 13.7 Å². The number of fused-ring (bicyclic) bond motifs is 1. The van der Waals surface area contributed by atoms with Gasteiger partial charge in [-0.2, -0.15) is 0 Å². The van der Waals surface area contributed by atoms with Crippen molar-refractivity contribution in [3.63, 3.8) is 0 Å². The molecule has 3 aromatic rings. The van der Waals surface area contributed by atoms with Gasteiger partial charge in [0.1, 0.15) is 65.5 Å². The Kier molecular flexibility index (Phi) is 7.83. The van der Waals surface area contributed by atoms with Crippen LogP contribution in [0.4, 0.5) is 0 Å². The minimum Gasteiger partial charge on any atom is -0.550 e. The normalized spacial score (nSPS) is 23.1. The van der Waals surface area contributed by atoms with Crippen molar-refractivity contribution in [1.29, 1.82) is 0 Å². The molecule has 13 nitrogen and oxygen atoms in total. The van der Waals surface area contributed by atoms with E-state index in [4.69, 9.17) is 23.4 Å². The summed E-state index contributed by atoms with van der Waals surface area (Å²) in [7, 11) is 1.51. The highest BCUT2D eigenvalue weighted by atomic mass is 16.7. The largest absolute Gasteiger partial charge is 0.550 e. The lowest BCUT2D eigenvalue weighted by Crippen LogP contribution is -2.60. The van der Waals surface area contributed by atoms with E-state index in [2.05, 4.69) is 0 Å². The Hall–Kier alpha value is -4.17. The monoisotopic (exact) mass is 531 g/mol. The van der Waals surface area contributed by atoms with Gasteiger partial charge in [0.2, 0.25) is 11.7 Å². The third-order valence-electron chi connectivity index (χ3n) is 5.85. The second-order valence-corrected chi connectivity index (χ2v) is 8.39. The van der Waals surface area contributed by atoms with E-state index in [-0.39, 0.29) is 22.3 Å². The Morgan fingerprint density at radius 2 is 1.74 bits per heavy atom. The Bertz CT molecular complexity index is 1380. The number of carboxylic acids is 1. The summed E-state index contributed by atoms with van der Waals surface area (Å²) >= 11 is 0. The van der Waals surface area contributed by atoms with E-state index < -0.39 is 66.9 Å². The van der Waals surface area contributed by atoms with Crippen LogP contribution in [-0.2, 0) is 19.1 Å². The van der Waals surface area contributed by atoms with E-state index in [9.17, 15) is 39.9 Å². The molecule has 0 radical (unpaired) electrons. The Balaban J connectivity index is 1.55. The van der Waals surface area contributed by atoms with E-state index in [1.807, 2.05) is 0 Å². The predicted octanol–water partition coefficient (Wildman–Crippen LogP) is -0.956. The average molecular weight is 531 g/mol. The lowest BCUT2D eigenvalue weighted by molar-refractivity contribution is -0.305. The molecule has 0 aliphatic carbocycles. The number of benzene rings is 2. The number of carboxylic acid groups (broad SMARTS) is 1. The number of phenols is 1. The fraction of sp³-hybridized carbons (Fsp3) is 0.320. The van der Waals surface area contributed by atoms with Crippen LogP contribution in [0.1, 0.15) is 6.42 Å². The first-order chi connectivity index (χ1) is 18.1. The quantitative estimate of drug-likeness (QED) is 0.204. The number of hydrogen-bond acceptors (Lipinski definition) is 13. The average Bonchev–Trinajstić information content (AvgIpc) is 2.88. The van der Waals surface area contributed by atoms with E-state index in [1.165, 1.54) is 19.4 Å². The lowest BCUT2D eigenvalue weighted by Gasteiger charge is -2.39. The number of carbonyl (C=O) groups excluding carboxylic acids is 2. The fourth-order valence-electron chi connectivity index (χ4n) is 3.88. The third kappa shape index (κ3) is 5.55. The second-order valence-electron chi connectivity index (χ2n) is 8.39. The molecule has 1 saturated heterocycles. The zero-order chi connectivity index (χ0) is 27.6. The van der Waals surface area contributed by atoms with Gasteiger partial charge in [0.05, 0.1) is 25.1 Å². The van der Waals surface area contributed by atoms with Gasteiger partial charge in [0.15, 0.2) is 0 Å². The predicted molar refractivity (Wildman–Crippen MR) is 124 cm³/mol. The van der Waals surface area contributed by atoms with Crippen LogP contribution in [0.25, 0.3) is 22.1 Å². The molecule has 0 amide bonds. The summed E-state index contributed by atoms with van der Waals surface area (Å²) in [5, 5.41) is 51.6. The maximum absolute atomic E-state index is 13.1. The number of esters is 1. The zero-order valence-corrected chi connectivity index (χ0v) is 19.8. The second kappa shape index (κ2) is 11.1. The SMILES string of the molecule is COc1ccc(-c2coc3cc(O[C@@H]4O[C@H](COC(=O)CC(=O)[O-])[C@@H](O)[C@H](O)[C@H]4O)cc(O)c3c2=O)cc1. The van der Waals surface area contributed by atoms with Crippen molar-refractivity contribution in [3.8, 4) is 28.4 Å². The molecule has 1 aliphatic heterocycles. The minimum absolute atomic E-state index is 0.0547. The molecule has 4 rings (SSSR count). The molecule has 5 atom stereocenters. The number of aromatic hydroxyl groups is 1. The molecule has 4 N–H and O–H groups in total. The first-order valence-electron chi connectivity index (χ1n) is 11.2. The molecule has 0 spiro atoms. The van der Waals surface area contributed by atoms with Crippen molar-refractivity contribution in [2.45, 2.75) is 37.1 Å². The Morgan fingerprint density at radius 1 is 1.03 bits per heavy atom. The standard InChI is InChI=1S/C25H24O13/c1-34-12-4-2-11(3-5-12)14-9-35-16-7-13(6-15(26)20(16)21(14)30)37-25-24(33)23(32)22(31)17(38-25)10-36-19(29)8-18(27)28/h2-7,9,17,22-26,31-33H,8,10H2,1H3,(H,27,28)/p-1/t17-,22-,23+,24-,25-/m1/s1. The maximum Gasteiger partial charge on any atom is 0.311 e. The molecular weight excluding hydrogens is 508 g/mol. The summed E-state index contributed by atoms with van der Waals surface area (Å²) in [4.78, 5) is 35.0. The van der Waals surface area contributed by atoms with Crippen molar-refractivity contribution in [1.82, 2.24) is 0 Å². The summed E-state index contributed by atoms with van der Waals surface area (Å²) in [6.07, 6.45) is -8.13. The number of hydrogen-bond donors (Lipinski definition) is 4. The molecule has 38 heavy (non-hydrogen) atoms. The fourth-order valence-corrected chi connectivity index (χ4v) is 3.88. The van der Waals surface area contributed by atoms with E-state index >= 15 is 0 Å². The van der Waals surface area contributed by atoms with Crippen molar-refractivity contribution < 1.29 is 58.5 Å². The van der Waals surface area contributed by atoms with Gasteiger partial charge < -0.3 is 53.7 Å². The van der Waals surface area contributed by atoms with Crippen LogP contribution in [0.15, 0.2) is 51.9 Å². The van der Waals surface area contributed by atoms with E-state index in [0.29, 0.717) is 11.3 Å². The van der Waals surface area contributed by atoms with Crippen molar-refractivity contribution in [2.24, 2.45) is 0 Å². The third-order valence-corrected chi connectivity index (χ3v) is 5.85. The van der Waals surface area contributed by atoms with Crippen LogP contribution in [0.2, 0.25) is 0 Å². The van der Waals surface area contributed by atoms with Gasteiger partial charge in [-0.1, -0.05) is 12.1 Å². The molecule has 0 bridgehead atoms. The molecule has 1 aromatic heterocycles. The number of methoxy groups -OCH3 is 1. The van der Waals surface area contributed by atoms with Crippen molar-refractivity contribution in [3.05, 3.63) is 52.9 Å². The summed E-state index contributed by atoms with van der Waals surface area (Å²) in [6.45, 7) is -0.664. The summed E-state index contributed by atoms with van der Waals surface area (Å²) in [6, 6.07) is 8.94. The number of carbonyl (C=O) groups is 2. The first-order valence-corrected chi connectivity index (χ1v) is 11.2. The highest BCUT2D eigenvalue weighted by Crippen LogP contribution is 2.33. The van der Waals surface area contributed by atoms with Gasteiger partial charge in [0.25, 0.3) is 0 Å². The van der Waals surface area contributed by atoms with Gasteiger partial charge in [-0.25, -0.2) is 0 Å². The van der Waals surface area contributed by atoms with Crippen LogP contribution in [0.3, 0.4) is 0 Å². The molecule has 202 valence electrons. The topological polar surface area (TPSA) is 205 Å². The lowest BCUT2D eigenvalue weighted by atomic mass is 9.99. The number of phenolic OH excluding ortho intramolecular Hbond substituents is 1. The first kappa shape index (κ1) is 26.9.